The first-order chi connectivity index (χ1) is 13.5. The summed E-state index contributed by atoms with van der Waals surface area (Å²) in [5, 5.41) is 4.49. The second-order valence-electron chi connectivity index (χ2n) is 6.37. The molecule has 0 atom stereocenters. The van der Waals surface area contributed by atoms with Gasteiger partial charge in [0.1, 0.15) is 6.61 Å². The van der Waals surface area contributed by atoms with Gasteiger partial charge >= 0.3 is 0 Å². The Labute approximate surface area is 183 Å². The van der Waals surface area contributed by atoms with Crippen molar-refractivity contribution in [2.24, 2.45) is 0 Å². The summed E-state index contributed by atoms with van der Waals surface area (Å²) in [5.74, 6) is 1.14. The molecule has 0 aliphatic heterocycles. The van der Waals surface area contributed by atoms with Gasteiger partial charge in [0.25, 0.3) is 0 Å². The van der Waals surface area contributed by atoms with Crippen molar-refractivity contribution in [2.45, 2.75) is 20.1 Å². The summed E-state index contributed by atoms with van der Waals surface area (Å²) in [6, 6.07) is 17.7. The Morgan fingerprint density at radius 2 is 1.68 bits per heavy atom. The van der Waals surface area contributed by atoms with Crippen molar-refractivity contribution in [3.63, 3.8) is 0 Å². The highest BCUT2D eigenvalue weighted by molar-refractivity contribution is 9.10. The van der Waals surface area contributed by atoms with Crippen LogP contribution in [0.2, 0.25) is 10.0 Å². The average molecular weight is 481 g/mol. The molecule has 0 fully saturated rings. The quantitative estimate of drug-likeness (QED) is 0.385. The molecule has 0 heterocycles. The van der Waals surface area contributed by atoms with E-state index < -0.39 is 0 Å². The number of anilines is 1. The predicted octanol–water partition coefficient (Wildman–Crippen LogP) is 7.26. The number of nitrogens with one attached hydrogen (secondary N) is 1. The van der Waals surface area contributed by atoms with Gasteiger partial charge in [0.15, 0.2) is 11.5 Å². The van der Waals surface area contributed by atoms with Crippen molar-refractivity contribution in [1.29, 1.82) is 0 Å². The summed E-state index contributed by atoms with van der Waals surface area (Å²) in [6.45, 7) is 3.05. The smallest absolute Gasteiger partial charge is 0.180 e. The summed E-state index contributed by atoms with van der Waals surface area (Å²) in [5.41, 5.74) is 4.18. The number of halogens is 3. The Kier molecular flexibility index (Phi) is 7.11. The molecule has 3 aromatic rings. The minimum Gasteiger partial charge on any atom is -0.493 e. The van der Waals surface area contributed by atoms with E-state index in [4.69, 9.17) is 32.7 Å². The van der Waals surface area contributed by atoms with Crippen LogP contribution >= 0.6 is 39.1 Å². The molecule has 28 heavy (non-hydrogen) atoms. The van der Waals surface area contributed by atoms with Crippen molar-refractivity contribution < 1.29 is 9.47 Å². The van der Waals surface area contributed by atoms with Gasteiger partial charge in [0.05, 0.1) is 17.2 Å². The zero-order valence-electron chi connectivity index (χ0n) is 15.6. The van der Waals surface area contributed by atoms with E-state index in [9.17, 15) is 0 Å². The van der Waals surface area contributed by atoms with Crippen LogP contribution < -0.4 is 14.8 Å². The molecule has 0 aromatic heterocycles. The molecule has 3 rings (SSSR count). The van der Waals surface area contributed by atoms with Gasteiger partial charge in [-0.2, -0.15) is 0 Å². The average Bonchev–Trinajstić information content (AvgIpc) is 2.69. The summed E-state index contributed by atoms with van der Waals surface area (Å²) in [4.78, 5) is 0. The zero-order chi connectivity index (χ0) is 20.1. The van der Waals surface area contributed by atoms with Crippen molar-refractivity contribution in [2.75, 3.05) is 12.4 Å². The molecule has 0 spiro atoms. The van der Waals surface area contributed by atoms with Crippen LogP contribution in [0.5, 0.6) is 11.5 Å². The maximum Gasteiger partial charge on any atom is 0.180 e. The standard InChI is InChI=1S/C22H20BrCl2NO2/c1-14-3-5-15(6-4-14)13-28-22-20(25)9-16(10-21(22)27-2)12-26-17-7-8-18(23)19(24)11-17/h3-11,26H,12-13H2,1-2H3. The number of benzene rings is 3. The molecule has 3 aromatic carbocycles. The largest absolute Gasteiger partial charge is 0.493 e. The Morgan fingerprint density at radius 3 is 2.36 bits per heavy atom. The van der Waals surface area contributed by atoms with Crippen LogP contribution in [-0.2, 0) is 13.2 Å². The van der Waals surface area contributed by atoms with Crippen LogP contribution in [0.4, 0.5) is 5.69 Å². The Balaban J connectivity index is 1.71. The second-order valence-corrected chi connectivity index (χ2v) is 8.03. The van der Waals surface area contributed by atoms with Crippen LogP contribution in [0.15, 0.2) is 59.1 Å². The molecule has 0 amide bonds. The second kappa shape index (κ2) is 9.55. The van der Waals surface area contributed by atoms with Gasteiger partial charge in [-0.3, -0.25) is 0 Å². The lowest BCUT2D eigenvalue weighted by molar-refractivity contribution is 0.284. The van der Waals surface area contributed by atoms with Crippen LogP contribution in [0, 0.1) is 6.92 Å². The molecule has 146 valence electrons. The molecule has 0 saturated heterocycles. The topological polar surface area (TPSA) is 30.5 Å². The van der Waals surface area contributed by atoms with E-state index in [-0.39, 0.29) is 0 Å². The number of ether oxygens (including phenoxy) is 2. The van der Waals surface area contributed by atoms with E-state index in [1.54, 1.807) is 7.11 Å². The number of aryl methyl sites for hydroxylation is 1. The van der Waals surface area contributed by atoms with Crippen molar-refractivity contribution in [1.82, 2.24) is 0 Å². The molecule has 1 N–H and O–H groups in total. The van der Waals surface area contributed by atoms with Crippen molar-refractivity contribution in [3.05, 3.63) is 85.8 Å². The molecular weight excluding hydrogens is 461 g/mol. The van der Waals surface area contributed by atoms with Gasteiger partial charge < -0.3 is 14.8 Å². The van der Waals surface area contributed by atoms with Gasteiger partial charge in [0.2, 0.25) is 0 Å². The van der Waals surface area contributed by atoms with E-state index in [2.05, 4.69) is 40.3 Å². The van der Waals surface area contributed by atoms with Gasteiger partial charge in [-0.05, 0) is 64.3 Å². The molecule has 0 radical (unpaired) electrons. The zero-order valence-corrected chi connectivity index (χ0v) is 18.7. The molecule has 0 aliphatic rings. The van der Waals surface area contributed by atoms with Gasteiger partial charge in [-0.15, -0.1) is 0 Å². The van der Waals surface area contributed by atoms with E-state index in [1.165, 1.54) is 5.56 Å². The Morgan fingerprint density at radius 1 is 0.929 bits per heavy atom. The highest BCUT2D eigenvalue weighted by atomic mass is 79.9. The predicted molar refractivity (Wildman–Crippen MR) is 120 cm³/mol. The molecule has 0 unspecified atom stereocenters. The molecule has 0 bridgehead atoms. The fourth-order valence-corrected chi connectivity index (χ4v) is 3.38. The first-order valence-electron chi connectivity index (χ1n) is 8.70. The first kappa shape index (κ1) is 20.8. The minimum absolute atomic E-state index is 0.422. The molecule has 0 saturated carbocycles. The lowest BCUT2D eigenvalue weighted by atomic mass is 10.1. The van der Waals surface area contributed by atoms with E-state index in [0.29, 0.717) is 34.7 Å². The van der Waals surface area contributed by atoms with Crippen molar-refractivity contribution in [3.8, 4) is 11.5 Å². The van der Waals surface area contributed by atoms with E-state index in [1.807, 2.05) is 42.5 Å². The number of rotatable bonds is 7. The highest BCUT2D eigenvalue weighted by Crippen LogP contribution is 2.37. The van der Waals surface area contributed by atoms with Crippen LogP contribution in [-0.4, -0.2) is 7.11 Å². The number of hydrogen-bond donors (Lipinski definition) is 1. The Bertz CT molecular complexity index is 961. The monoisotopic (exact) mass is 479 g/mol. The molecule has 0 aliphatic carbocycles. The van der Waals surface area contributed by atoms with E-state index >= 15 is 0 Å². The SMILES string of the molecule is COc1cc(CNc2ccc(Br)c(Cl)c2)cc(Cl)c1OCc1ccc(C)cc1. The molecule has 6 heteroatoms. The van der Waals surface area contributed by atoms with E-state index in [0.717, 1.165) is 21.3 Å². The van der Waals surface area contributed by atoms with Gasteiger partial charge in [-0.1, -0.05) is 53.0 Å². The van der Waals surface area contributed by atoms with Crippen molar-refractivity contribution >= 4 is 44.8 Å². The fourth-order valence-electron chi connectivity index (χ4n) is 2.67. The fraction of sp³-hybridized carbons (Fsp3) is 0.182. The summed E-state index contributed by atoms with van der Waals surface area (Å²) >= 11 is 16.0. The Hall–Kier alpha value is -1.88. The number of hydrogen-bond acceptors (Lipinski definition) is 3. The van der Waals surface area contributed by atoms with Gasteiger partial charge in [-0.25, -0.2) is 0 Å². The third-order valence-corrected chi connectivity index (χ3v) is 5.72. The highest BCUT2D eigenvalue weighted by Gasteiger charge is 2.13. The maximum absolute atomic E-state index is 6.47. The number of methoxy groups -OCH3 is 1. The minimum atomic E-state index is 0.422. The summed E-state index contributed by atoms with van der Waals surface area (Å²) in [7, 11) is 1.61. The van der Waals surface area contributed by atoms with Gasteiger partial charge in [0, 0.05) is 16.7 Å². The summed E-state index contributed by atoms with van der Waals surface area (Å²) in [6.07, 6.45) is 0. The summed E-state index contributed by atoms with van der Waals surface area (Å²) < 4.78 is 12.3. The third-order valence-electron chi connectivity index (χ3n) is 4.21. The normalized spacial score (nSPS) is 10.6. The lowest BCUT2D eigenvalue weighted by Crippen LogP contribution is -2.02. The molecular formula is C22H20BrCl2NO2. The van der Waals surface area contributed by atoms with Crippen LogP contribution in [0.3, 0.4) is 0 Å². The maximum atomic E-state index is 6.47. The third kappa shape index (κ3) is 5.34. The van der Waals surface area contributed by atoms with Crippen LogP contribution in [0.1, 0.15) is 16.7 Å². The lowest BCUT2D eigenvalue weighted by Gasteiger charge is -2.15. The first-order valence-corrected chi connectivity index (χ1v) is 10.2. The van der Waals surface area contributed by atoms with Crippen LogP contribution in [0.25, 0.3) is 0 Å². The molecule has 3 nitrogen and oxygen atoms in total.